The highest BCUT2D eigenvalue weighted by molar-refractivity contribution is 7.99. The van der Waals surface area contributed by atoms with Crippen LogP contribution < -0.4 is 10.6 Å². The molecule has 132 valence electrons. The van der Waals surface area contributed by atoms with E-state index in [1.807, 2.05) is 14.1 Å². The zero-order valence-electron chi connectivity index (χ0n) is 14.5. The van der Waals surface area contributed by atoms with Gasteiger partial charge in [-0.25, -0.2) is 0 Å². The van der Waals surface area contributed by atoms with Crippen LogP contribution in [0, 0.1) is 5.92 Å². The van der Waals surface area contributed by atoms with Gasteiger partial charge in [-0.1, -0.05) is 6.42 Å². The molecule has 7 heteroatoms. The fourth-order valence-corrected chi connectivity index (χ4v) is 4.58. The Morgan fingerprint density at radius 1 is 1.43 bits per heavy atom. The van der Waals surface area contributed by atoms with Gasteiger partial charge < -0.3 is 20.6 Å². The fourth-order valence-electron chi connectivity index (χ4n) is 3.28. The van der Waals surface area contributed by atoms with Gasteiger partial charge in [0.25, 0.3) is 0 Å². The number of nitrogens with one attached hydrogen (secondary N) is 2. The van der Waals surface area contributed by atoms with E-state index in [2.05, 4.69) is 15.6 Å². The van der Waals surface area contributed by atoms with Crippen LogP contribution in [0.4, 0.5) is 0 Å². The first-order chi connectivity index (χ1) is 10.9. The predicted octanol–water partition coefficient (Wildman–Crippen LogP) is 0.666. The van der Waals surface area contributed by atoms with Crippen molar-refractivity contribution in [3.05, 3.63) is 0 Å². The molecule has 0 bridgehead atoms. The molecule has 2 fully saturated rings. The number of rotatable bonds is 4. The van der Waals surface area contributed by atoms with Crippen LogP contribution >= 0.6 is 11.8 Å². The molecule has 3 atom stereocenters. The van der Waals surface area contributed by atoms with Crippen LogP contribution in [0.15, 0.2) is 4.99 Å². The highest BCUT2D eigenvalue weighted by Crippen LogP contribution is 2.27. The Hall–Kier alpha value is -0.950. The number of hydrogen-bond acceptors (Lipinski definition) is 4. The first-order valence-electron chi connectivity index (χ1n) is 8.42. The average molecular weight is 343 g/mol. The molecule has 0 aromatic rings. The van der Waals surface area contributed by atoms with Crippen molar-refractivity contribution in [2.45, 2.75) is 43.7 Å². The monoisotopic (exact) mass is 342 g/mol. The Morgan fingerprint density at radius 2 is 2.22 bits per heavy atom. The molecule has 2 aliphatic rings. The fraction of sp³-hybridized carbons (Fsp3) is 0.875. The summed E-state index contributed by atoms with van der Waals surface area (Å²) in [5.41, 5.74) is -0.627. The summed E-state index contributed by atoms with van der Waals surface area (Å²) in [7, 11) is 5.38. The Kier molecular flexibility index (Phi) is 6.59. The molecule has 3 N–H and O–H groups in total. The van der Waals surface area contributed by atoms with Crippen LogP contribution in [0.3, 0.4) is 0 Å². The predicted molar refractivity (Wildman–Crippen MR) is 95.8 cm³/mol. The quantitative estimate of drug-likeness (QED) is 0.517. The van der Waals surface area contributed by atoms with E-state index in [9.17, 15) is 9.90 Å². The molecule has 1 saturated carbocycles. The van der Waals surface area contributed by atoms with Crippen LogP contribution in [0.25, 0.3) is 0 Å². The second-order valence-corrected chi connectivity index (χ2v) is 8.00. The summed E-state index contributed by atoms with van der Waals surface area (Å²) >= 11 is 1.79. The van der Waals surface area contributed by atoms with Gasteiger partial charge in [-0.3, -0.25) is 9.79 Å². The summed E-state index contributed by atoms with van der Waals surface area (Å²) in [6.07, 6.45) is 4.75. The van der Waals surface area contributed by atoms with E-state index in [4.69, 9.17) is 0 Å². The van der Waals surface area contributed by atoms with Gasteiger partial charge in [0.05, 0.1) is 5.60 Å². The number of carbonyl (C=O) groups excluding carboxylic acids is 1. The Labute approximate surface area is 143 Å². The van der Waals surface area contributed by atoms with Crippen LogP contribution in [-0.4, -0.2) is 72.7 Å². The van der Waals surface area contributed by atoms with Crippen molar-refractivity contribution in [1.29, 1.82) is 0 Å². The van der Waals surface area contributed by atoms with Crippen LogP contribution in [0.1, 0.15) is 32.1 Å². The van der Waals surface area contributed by atoms with Gasteiger partial charge in [-0.15, -0.1) is 0 Å². The Balaban J connectivity index is 1.82. The molecule has 23 heavy (non-hydrogen) atoms. The number of amides is 1. The van der Waals surface area contributed by atoms with E-state index < -0.39 is 5.60 Å². The first-order valence-corrected chi connectivity index (χ1v) is 9.57. The molecule has 1 heterocycles. The number of guanidine groups is 1. The number of hydrogen-bond donors (Lipinski definition) is 3. The van der Waals surface area contributed by atoms with E-state index in [1.165, 1.54) is 0 Å². The molecule has 0 spiro atoms. The maximum absolute atomic E-state index is 12.2. The molecule has 0 aromatic carbocycles. The number of thioether (sulfide) groups is 1. The molecule has 1 saturated heterocycles. The lowest BCUT2D eigenvalue weighted by Gasteiger charge is -2.32. The smallest absolute Gasteiger partial charge is 0.225 e. The third-order valence-corrected chi connectivity index (χ3v) is 5.93. The van der Waals surface area contributed by atoms with Gasteiger partial charge >= 0.3 is 0 Å². The minimum absolute atomic E-state index is 0.102. The largest absolute Gasteiger partial charge is 0.387 e. The summed E-state index contributed by atoms with van der Waals surface area (Å²) < 4.78 is 0. The summed E-state index contributed by atoms with van der Waals surface area (Å²) in [5.74, 6) is 2.83. The normalized spacial score (nSPS) is 31.7. The van der Waals surface area contributed by atoms with Crippen molar-refractivity contribution in [3.63, 3.8) is 0 Å². The van der Waals surface area contributed by atoms with E-state index in [1.54, 1.807) is 23.7 Å². The topological polar surface area (TPSA) is 77.0 Å². The molecule has 1 aliphatic carbocycles. The van der Waals surface area contributed by atoms with Gasteiger partial charge in [0.15, 0.2) is 5.96 Å². The maximum Gasteiger partial charge on any atom is 0.225 e. The second kappa shape index (κ2) is 8.24. The first kappa shape index (κ1) is 18.4. The molecular weight excluding hydrogens is 312 g/mol. The third-order valence-electron chi connectivity index (χ3n) is 4.70. The van der Waals surface area contributed by atoms with E-state index in [0.29, 0.717) is 6.54 Å². The van der Waals surface area contributed by atoms with Crippen LogP contribution in [0.5, 0.6) is 0 Å². The van der Waals surface area contributed by atoms with Gasteiger partial charge in [0.2, 0.25) is 5.91 Å². The summed E-state index contributed by atoms with van der Waals surface area (Å²) in [6, 6.07) is 0.261. The van der Waals surface area contributed by atoms with Crippen molar-refractivity contribution in [3.8, 4) is 0 Å². The number of aliphatic imine (C=N–C) groups is 1. The zero-order valence-corrected chi connectivity index (χ0v) is 15.3. The van der Waals surface area contributed by atoms with Crippen molar-refractivity contribution in [1.82, 2.24) is 15.5 Å². The molecule has 1 amide bonds. The highest BCUT2D eigenvalue weighted by Gasteiger charge is 2.32. The SMILES string of the molecule is CN=C(NCC1(O)CCSC1)NC1CCCC(C(=O)N(C)C)C1. The van der Waals surface area contributed by atoms with Crippen LogP contribution in [0.2, 0.25) is 0 Å². The molecule has 0 aromatic heterocycles. The molecule has 3 unspecified atom stereocenters. The molecular formula is C16H30N4O2S. The highest BCUT2D eigenvalue weighted by atomic mass is 32.2. The summed E-state index contributed by atoms with van der Waals surface area (Å²) in [6.45, 7) is 0.520. The summed E-state index contributed by atoms with van der Waals surface area (Å²) in [4.78, 5) is 18.1. The minimum Gasteiger partial charge on any atom is -0.387 e. The van der Waals surface area contributed by atoms with Crippen molar-refractivity contribution >= 4 is 23.6 Å². The average Bonchev–Trinajstić information content (AvgIpc) is 2.98. The molecule has 0 radical (unpaired) electrons. The lowest BCUT2D eigenvalue weighted by molar-refractivity contribution is -0.134. The number of carbonyl (C=O) groups is 1. The lowest BCUT2D eigenvalue weighted by atomic mass is 9.85. The minimum atomic E-state index is -0.627. The Bertz CT molecular complexity index is 436. The standard InChI is InChI=1S/C16H30N4O2S/c1-17-15(18-10-16(22)7-8-23-11-16)19-13-6-4-5-12(9-13)14(21)20(2)3/h12-13,22H,4-11H2,1-3H3,(H2,17,18,19). The Morgan fingerprint density at radius 3 is 2.83 bits per heavy atom. The third kappa shape index (κ3) is 5.28. The second-order valence-electron chi connectivity index (χ2n) is 6.89. The van der Waals surface area contributed by atoms with Gasteiger partial charge in [0, 0.05) is 45.4 Å². The number of nitrogens with zero attached hydrogens (tertiary/aromatic N) is 2. The van der Waals surface area contributed by atoms with E-state index >= 15 is 0 Å². The van der Waals surface area contributed by atoms with E-state index in [0.717, 1.165) is 49.6 Å². The van der Waals surface area contributed by atoms with Crippen molar-refractivity contribution < 1.29 is 9.90 Å². The zero-order chi connectivity index (χ0) is 16.9. The van der Waals surface area contributed by atoms with Crippen LogP contribution in [-0.2, 0) is 4.79 Å². The van der Waals surface area contributed by atoms with Gasteiger partial charge in [-0.05, 0) is 31.4 Å². The van der Waals surface area contributed by atoms with Gasteiger partial charge in [0.1, 0.15) is 0 Å². The maximum atomic E-state index is 12.2. The molecule has 1 aliphatic heterocycles. The van der Waals surface area contributed by atoms with Crippen molar-refractivity contribution in [2.75, 3.05) is 39.2 Å². The molecule has 2 rings (SSSR count). The summed E-state index contributed by atoms with van der Waals surface area (Å²) in [5, 5.41) is 17.1. The molecule has 6 nitrogen and oxygen atoms in total. The van der Waals surface area contributed by atoms with E-state index in [-0.39, 0.29) is 17.9 Å². The lowest BCUT2D eigenvalue weighted by Crippen LogP contribution is -2.51. The van der Waals surface area contributed by atoms with Crippen molar-refractivity contribution in [2.24, 2.45) is 10.9 Å². The number of aliphatic hydroxyl groups is 1. The van der Waals surface area contributed by atoms with Gasteiger partial charge in [-0.2, -0.15) is 11.8 Å².